The average molecular weight is 296 g/mol. The molecule has 2 nitrogen and oxygen atoms in total. The van der Waals surface area contributed by atoms with Gasteiger partial charge in [0.1, 0.15) is 0 Å². The SMILES string of the molecule is CC(C)(C)c1cc(Br)ccc1N1CC[N]CC1. The number of anilines is 1. The fourth-order valence-corrected chi connectivity index (χ4v) is 2.59. The Labute approximate surface area is 113 Å². The van der Waals surface area contributed by atoms with Crippen molar-refractivity contribution in [3.63, 3.8) is 0 Å². The van der Waals surface area contributed by atoms with Crippen LogP contribution in [0.1, 0.15) is 26.3 Å². The maximum absolute atomic E-state index is 4.41. The van der Waals surface area contributed by atoms with Crippen LogP contribution in [0.2, 0.25) is 0 Å². The van der Waals surface area contributed by atoms with Crippen molar-refractivity contribution in [3.8, 4) is 0 Å². The van der Waals surface area contributed by atoms with Crippen LogP contribution in [0.5, 0.6) is 0 Å². The molecule has 0 amide bonds. The first-order valence-corrected chi connectivity index (χ1v) is 6.96. The highest BCUT2D eigenvalue weighted by atomic mass is 79.9. The van der Waals surface area contributed by atoms with Crippen molar-refractivity contribution in [2.24, 2.45) is 0 Å². The van der Waals surface area contributed by atoms with Crippen molar-refractivity contribution >= 4 is 21.6 Å². The number of benzene rings is 1. The number of rotatable bonds is 1. The van der Waals surface area contributed by atoms with E-state index in [2.05, 4.69) is 65.1 Å². The number of hydrogen-bond donors (Lipinski definition) is 0. The zero-order chi connectivity index (χ0) is 12.5. The summed E-state index contributed by atoms with van der Waals surface area (Å²) in [5.41, 5.74) is 2.96. The smallest absolute Gasteiger partial charge is 0.0405 e. The second-order valence-electron chi connectivity index (χ2n) is 5.57. The molecule has 0 saturated carbocycles. The molecule has 93 valence electrons. The molecule has 3 heteroatoms. The Hall–Kier alpha value is -0.540. The topological polar surface area (TPSA) is 17.3 Å². The third-order valence-electron chi connectivity index (χ3n) is 3.16. The van der Waals surface area contributed by atoms with E-state index in [9.17, 15) is 0 Å². The van der Waals surface area contributed by atoms with Crippen LogP contribution in [0.3, 0.4) is 0 Å². The molecule has 0 unspecified atom stereocenters. The van der Waals surface area contributed by atoms with Crippen LogP contribution < -0.4 is 10.2 Å². The number of nitrogens with zero attached hydrogens (tertiary/aromatic N) is 2. The average Bonchev–Trinajstić information content (AvgIpc) is 2.29. The highest BCUT2D eigenvalue weighted by molar-refractivity contribution is 9.10. The van der Waals surface area contributed by atoms with Gasteiger partial charge in [0.15, 0.2) is 0 Å². The van der Waals surface area contributed by atoms with E-state index in [1.54, 1.807) is 0 Å². The minimum Gasteiger partial charge on any atom is -0.369 e. The van der Waals surface area contributed by atoms with Crippen LogP contribution in [-0.4, -0.2) is 26.2 Å². The van der Waals surface area contributed by atoms with Crippen LogP contribution in [0, 0.1) is 0 Å². The van der Waals surface area contributed by atoms with Crippen molar-refractivity contribution in [2.75, 3.05) is 31.1 Å². The summed E-state index contributed by atoms with van der Waals surface area (Å²) in [6.45, 7) is 10.8. The van der Waals surface area contributed by atoms with Gasteiger partial charge in [-0.05, 0) is 29.2 Å². The Morgan fingerprint density at radius 2 is 1.82 bits per heavy atom. The van der Waals surface area contributed by atoms with E-state index < -0.39 is 0 Å². The Balaban J connectivity index is 2.38. The van der Waals surface area contributed by atoms with Crippen LogP contribution in [0.25, 0.3) is 0 Å². The maximum atomic E-state index is 4.41. The molecule has 1 aliphatic heterocycles. The minimum absolute atomic E-state index is 0.174. The Morgan fingerprint density at radius 3 is 2.41 bits per heavy atom. The van der Waals surface area contributed by atoms with E-state index >= 15 is 0 Å². The van der Waals surface area contributed by atoms with Crippen molar-refractivity contribution in [1.29, 1.82) is 0 Å². The van der Waals surface area contributed by atoms with E-state index in [0.29, 0.717) is 0 Å². The number of hydrogen-bond acceptors (Lipinski definition) is 1. The molecule has 0 N–H and O–H groups in total. The van der Waals surface area contributed by atoms with Gasteiger partial charge in [-0.2, -0.15) is 0 Å². The van der Waals surface area contributed by atoms with Gasteiger partial charge in [0.2, 0.25) is 0 Å². The first kappa shape index (κ1) is 12.9. The van der Waals surface area contributed by atoms with Gasteiger partial charge in [-0.1, -0.05) is 36.7 Å². The molecule has 1 fully saturated rings. The highest BCUT2D eigenvalue weighted by Crippen LogP contribution is 2.34. The van der Waals surface area contributed by atoms with E-state index in [0.717, 1.165) is 30.7 Å². The lowest BCUT2D eigenvalue weighted by Gasteiger charge is -2.34. The van der Waals surface area contributed by atoms with Crippen LogP contribution in [0.15, 0.2) is 22.7 Å². The third kappa shape index (κ3) is 3.02. The highest BCUT2D eigenvalue weighted by Gasteiger charge is 2.22. The van der Waals surface area contributed by atoms with Crippen molar-refractivity contribution in [3.05, 3.63) is 28.2 Å². The second-order valence-corrected chi connectivity index (χ2v) is 6.49. The molecule has 1 aromatic carbocycles. The molecule has 0 bridgehead atoms. The summed E-state index contributed by atoms with van der Waals surface area (Å²) in [4.78, 5) is 2.46. The lowest BCUT2D eigenvalue weighted by Crippen LogP contribution is -2.41. The first-order chi connectivity index (χ1) is 7.98. The molecule has 17 heavy (non-hydrogen) atoms. The predicted octanol–water partition coefficient (Wildman–Crippen LogP) is 3.17. The quantitative estimate of drug-likeness (QED) is 0.778. The van der Waals surface area contributed by atoms with Gasteiger partial charge in [-0.25, -0.2) is 5.32 Å². The molecule has 0 atom stereocenters. The van der Waals surface area contributed by atoms with Gasteiger partial charge in [-0.15, -0.1) is 0 Å². The van der Waals surface area contributed by atoms with Crippen LogP contribution >= 0.6 is 15.9 Å². The molecule has 0 aromatic heterocycles. The van der Waals surface area contributed by atoms with Gasteiger partial charge in [0.25, 0.3) is 0 Å². The Morgan fingerprint density at radius 1 is 1.18 bits per heavy atom. The molecule has 2 rings (SSSR count). The van der Waals surface area contributed by atoms with E-state index in [1.807, 2.05) is 0 Å². The minimum atomic E-state index is 0.174. The van der Waals surface area contributed by atoms with Crippen molar-refractivity contribution in [2.45, 2.75) is 26.2 Å². The monoisotopic (exact) mass is 295 g/mol. The van der Waals surface area contributed by atoms with Gasteiger partial charge in [-0.3, -0.25) is 0 Å². The van der Waals surface area contributed by atoms with E-state index in [1.165, 1.54) is 11.3 Å². The zero-order valence-corrected chi connectivity index (χ0v) is 12.4. The maximum Gasteiger partial charge on any atom is 0.0405 e. The number of piperazine rings is 1. The summed E-state index contributed by atoms with van der Waals surface area (Å²) in [7, 11) is 0. The Bertz CT molecular complexity index is 390. The van der Waals surface area contributed by atoms with E-state index in [4.69, 9.17) is 0 Å². The molecular formula is C14H20BrN2. The summed E-state index contributed by atoms with van der Waals surface area (Å²) >= 11 is 3.58. The third-order valence-corrected chi connectivity index (χ3v) is 3.66. The molecule has 1 saturated heterocycles. The van der Waals surface area contributed by atoms with Crippen molar-refractivity contribution < 1.29 is 0 Å². The summed E-state index contributed by atoms with van der Waals surface area (Å²) in [5, 5.41) is 4.41. The van der Waals surface area contributed by atoms with Crippen LogP contribution in [0.4, 0.5) is 5.69 Å². The molecule has 1 heterocycles. The molecule has 1 radical (unpaired) electrons. The van der Waals surface area contributed by atoms with Gasteiger partial charge in [0, 0.05) is 36.3 Å². The van der Waals surface area contributed by atoms with Crippen molar-refractivity contribution in [1.82, 2.24) is 5.32 Å². The summed E-state index contributed by atoms with van der Waals surface area (Å²) in [6.07, 6.45) is 0. The lowest BCUT2D eigenvalue weighted by molar-refractivity contribution is 0.558. The molecule has 0 spiro atoms. The van der Waals surface area contributed by atoms with Gasteiger partial charge < -0.3 is 4.90 Å². The predicted molar refractivity (Wildman–Crippen MR) is 76.9 cm³/mol. The second kappa shape index (κ2) is 4.99. The summed E-state index contributed by atoms with van der Waals surface area (Å²) < 4.78 is 1.16. The lowest BCUT2D eigenvalue weighted by atomic mass is 9.85. The first-order valence-electron chi connectivity index (χ1n) is 6.17. The summed E-state index contributed by atoms with van der Waals surface area (Å²) in [5.74, 6) is 0. The van der Waals surface area contributed by atoms with Gasteiger partial charge in [0.05, 0.1) is 0 Å². The van der Waals surface area contributed by atoms with E-state index in [-0.39, 0.29) is 5.41 Å². The largest absolute Gasteiger partial charge is 0.369 e. The Kier molecular flexibility index (Phi) is 3.79. The fourth-order valence-electron chi connectivity index (χ4n) is 2.23. The zero-order valence-electron chi connectivity index (χ0n) is 10.8. The molecular weight excluding hydrogens is 276 g/mol. The fraction of sp³-hybridized carbons (Fsp3) is 0.571. The molecule has 1 aliphatic rings. The standard InChI is InChI=1S/C14H20BrN2/c1-14(2,3)12-10-11(15)4-5-13(12)17-8-6-16-7-9-17/h4-5,10H,6-9H2,1-3H3. The van der Waals surface area contributed by atoms with Crippen LogP contribution in [-0.2, 0) is 5.41 Å². The number of halogens is 1. The molecule has 0 aliphatic carbocycles. The normalized spacial score (nSPS) is 17.3. The summed E-state index contributed by atoms with van der Waals surface area (Å²) in [6, 6.07) is 6.62. The van der Waals surface area contributed by atoms with Gasteiger partial charge >= 0.3 is 0 Å². The molecule has 1 aromatic rings.